The molecule has 6 nitrogen and oxygen atoms in total. The van der Waals surface area contributed by atoms with Crippen LogP contribution in [0.15, 0.2) is 12.4 Å². The van der Waals surface area contributed by atoms with Crippen LogP contribution < -0.4 is 5.32 Å². The number of aromatic nitrogens is 2. The Bertz CT molecular complexity index is 650. The van der Waals surface area contributed by atoms with E-state index in [0.717, 1.165) is 38.1 Å². The quantitative estimate of drug-likeness (QED) is 0.890. The molecule has 1 N–H and O–H groups in total. The zero-order valence-electron chi connectivity index (χ0n) is 15.8. The SMILES string of the molecule is CC(=O)N[C@](C)(C(=O)N1CCC[C@H](n2ccnc2C(C)C)C1)C1CC1. The summed E-state index contributed by atoms with van der Waals surface area (Å²) in [5.41, 5.74) is -0.760. The summed E-state index contributed by atoms with van der Waals surface area (Å²) in [7, 11) is 0. The first-order chi connectivity index (χ1) is 11.8. The van der Waals surface area contributed by atoms with E-state index in [2.05, 4.69) is 28.7 Å². The molecule has 1 saturated carbocycles. The van der Waals surface area contributed by atoms with Gasteiger partial charge in [-0.3, -0.25) is 9.59 Å². The molecule has 1 saturated heterocycles. The van der Waals surface area contributed by atoms with Gasteiger partial charge in [0.2, 0.25) is 11.8 Å². The number of amides is 2. The van der Waals surface area contributed by atoms with Gasteiger partial charge in [0.1, 0.15) is 11.4 Å². The van der Waals surface area contributed by atoms with E-state index in [4.69, 9.17) is 0 Å². The highest BCUT2D eigenvalue weighted by Crippen LogP contribution is 2.41. The summed E-state index contributed by atoms with van der Waals surface area (Å²) < 4.78 is 2.23. The Morgan fingerprint density at radius 2 is 2.04 bits per heavy atom. The molecule has 0 radical (unpaired) electrons. The predicted molar refractivity (Wildman–Crippen MR) is 96.1 cm³/mol. The summed E-state index contributed by atoms with van der Waals surface area (Å²) in [5, 5.41) is 2.95. The molecule has 1 aliphatic heterocycles. The average Bonchev–Trinajstić information content (AvgIpc) is 3.30. The monoisotopic (exact) mass is 346 g/mol. The fourth-order valence-corrected chi connectivity index (χ4v) is 4.13. The van der Waals surface area contributed by atoms with E-state index in [1.54, 1.807) is 0 Å². The van der Waals surface area contributed by atoms with Crippen LogP contribution in [0.1, 0.15) is 71.2 Å². The number of likely N-dealkylation sites (tertiary alicyclic amines) is 1. The third-order valence-electron chi connectivity index (χ3n) is 5.57. The minimum atomic E-state index is -0.760. The molecule has 2 aliphatic rings. The first kappa shape index (κ1) is 18.0. The smallest absolute Gasteiger partial charge is 0.248 e. The Kier molecular flexibility index (Phi) is 4.89. The predicted octanol–water partition coefficient (Wildman–Crippen LogP) is 2.47. The fraction of sp³-hybridized carbons (Fsp3) is 0.737. The molecule has 2 fully saturated rings. The number of nitrogens with one attached hydrogen (secondary N) is 1. The summed E-state index contributed by atoms with van der Waals surface area (Å²) in [4.78, 5) is 31.4. The highest BCUT2D eigenvalue weighted by molar-refractivity contribution is 5.91. The number of carbonyl (C=O) groups excluding carboxylic acids is 2. The van der Waals surface area contributed by atoms with E-state index in [1.165, 1.54) is 6.92 Å². The zero-order valence-corrected chi connectivity index (χ0v) is 15.8. The first-order valence-electron chi connectivity index (χ1n) is 9.43. The maximum atomic E-state index is 13.3. The van der Waals surface area contributed by atoms with Crippen LogP contribution in [0, 0.1) is 5.92 Å². The molecule has 0 unspecified atom stereocenters. The maximum Gasteiger partial charge on any atom is 0.248 e. The normalized spacial score (nSPS) is 23.4. The van der Waals surface area contributed by atoms with Gasteiger partial charge in [0.15, 0.2) is 0 Å². The number of hydrogen-bond acceptors (Lipinski definition) is 3. The number of piperidine rings is 1. The van der Waals surface area contributed by atoms with Crippen molar-refractivity contribution in [2.75, 3.05) is 13.1 Å². The van der Waals surface area contributed by atoms with Crippen LogP contribution >= 0.6 is 0 Å². The number of carbonyl (C=O) groups is 2. The van der Waals surface area contributed by atoms with Crippen molar-refractivity contribution in [2.24, 2.45) is 5.92 Å². The van der Waals surface area contributed by atoms with Gasteiger partial charge in [0, 0.05) is 38.3 Å². The van der Waals surface area contributed by atoms with Crippen LogP contribution in [-0.2, 0) is 9.59 Å². The molecule has 2 atom stereocenters. The van der Waals surface area contributed by atoms with E-state index >= 15 is 0 Å². The van der Waals surface area contributed by atoms with E-state index in [-0.39, 0.29) is 23.8 Å². The molecule has 0 aromatic carbocycles. The van der Waals surface area contributed by atoms with Crippen LogP contribution in [0.5, 0.6) is 0 Å². The number of hydrogen-bond donors (Lipinski definition) is 1. The molecule has 2 heterocycles. The largest absolute Gasteiger partial charge is 0.342 e. The Balaban J connectivity index is 1.77. The van der Waals surface area contributed by atoms with Crippen molar-refractivity contribution >= 4 is 11.8 Å². The van der Waals surface area contributed by atoms with E-state index in [0.29, 0.717) is 12.5 Å². The average molecular weight is 346 g/mol. The Morgan fingerprint density at radius 1 is 1.32 bits per heavy atom. The molecule has 138 valence electrons. The van der Waals surface area contributed by atoms with Crippen molar-refractivity contribution < 1.29 is 9.59 Å². The fourth-order valence-electron chi connectivity index (χ4n) is 4.13. The summed E-state index contributed by atoms with van der Waals surface area (Å²) >= 11 is 0. The van der Waals surface area contributed by atoms with Crippen LogP contribution in [0.25, 0.3) is 0 Å². The van der Waals surface area contributed by atoms with Gasteiger partial charge in [-0.2, -0.15) is 0 Å². The van der Waals surface area contributed by atoms with Crippen LogP contribution in [0.4, 0.5) is 0 Å². The Hall–Kier alpha value is -1.85. The lowest BCUT2D eigenvalue weighted by atomic mass is 9.92. The standard InChI is InChI=1S/C19H30N4O2/c1-13(2)17-20-9-11-23(17)16-6-5-10-22(12-16)18(25)19(4,15-7-8-15)21-14(3)24/h9,11,13,15-16H,5-8,10,12H2,1-4H3,(H,21,24)/t16-,19-/m0/s1. The molecule has 0 bridgehead atoms. The Labute approximate surface area is 150 Å². The number of imidazole rings is 1. The van der Waals surface area contributed by atoms with Gasteiger partial charge >= 0.3 is 0 Å². The van der Waals surface area contributed by atoms with Crippen LogP contribution in [0.2, 0.25) is 0 Å². The molecular formula is C19H30N4O2. The zero-order chi connectivity index (χ0) is 18.2. The van der Waals surface area contributed by atoms with E-state index in [9.17, 15) is 9.59 Å². The lowest BCUT2D eigenvalue weighted by Crippen LogP contribution is -2.60. The highest BCUT2D eigenvalue weighted by Gasteiger charge is 2.50. The molecule has 25 heavy (non-hydrogen) atoms. The second-order valence-electron chi connectivity index (χ2n) is 8.05. The van der Waals surface area contributed by atoms with Gasteiger partial charge in [0.05, 0.1) is 6.04 Å². The lowest BCUT2D eigenvalue weighted by Gasteiger charge is -2.40. The molecule has 1 aromatic rings. The maximum absolute atomic E-state index is 13.3. The lowest BCUT2D eigenvalue weighted by molar-refractivity contribution is -0.143. The summed E-state index contributed by atoms with van der Waals surface area (Å²) in [5.74, 6) is 1.64. The van der Waals surface area contributed by atoms with Crippen molar-refractivity contribution in [3.8, 4) is 0 Å². The minimum absolute atomic E-state index is 0.0705. The molecule has 2 amide bonds. The van der Waals surface area contributed by atoms with Gasteiger partial charge in [-0.1, -0.05) is 13.8 Å². The van der Waals surface area contributed by atoms with Crippen LogP contribution in [0.3, 0.4) is 0 Å². The van der Waals surface area contributed by atoms with E-state index < -0.39 is 5.54 Å². The van der Waals surface area contributed by atoms with E-state index in [1.807, 2.05) is 24.2 Å². The first-order valence-corrected chi connectivity index (χ1v) is 9.43. The summed E-state index contributed by atoms with van der Waals surface area (Å²) in [6, 6.07) is 0.262. The van der Waals surface area contributed by atoms with Gasteiger partial charge in [-0.15, -0.1) is 0 Å². The summed E-state index contributed by atoms with van der Waals surface area (Å²) in [6.07, 6.45) is 7.94. The molecule has 0 spiro atoms. The van der Waals surface area contributed by atoms with Crippen molar-refractivity contribution in [1.82, 2.24) is 19.8 Å². The van der Waals surface area contributed by atoms with Crippen LogP contribution in [-0.4, -0.2) is 44.9 Å². The second kappa shape index (κ2) is 6.81. The molecule has 3 rings (SSSR count). The second-order valence-corrected chi connectivity index (χ2v) is 8.05. The third-order valence-corrected chi connectivity index (χ3v) is 5.57. The third kappa shape index (κ3) is 3.58. The molecule has 1 aliphatic carbocycles. The highest BCUT2D eigenvalue weighted by atomic mass is 16.2. The van der Waals surface area contributed by atoms with Crippen molar-refractivity contribution in [3.63, 3.8) is 0 Å². The molecule has 1 aromatic heterocycles. The number of nitrogens with zero attached hydrogens (tertiary/aromatic N) is 3. The van der Waals surface area contributed by atoms with Gasteiger partial charge in [-0.05, 0) is 38.5 Å². The molecular weight excluding hydrogens is 316 g/mol. The summed E-state index contributed by atoms with van der Waals surface area (Å²) in [6.45, 7) is 9.14. The van der Waals surface area contributed by atoms with Crippen molar-refractivity contribution in [1.29, 1.82) is 0 Å². The van der Waals surface area contributed by atoms with Gasteiger partial charge in [-0.25, -0.2) is 4.98 Å². The van der Waals surface area contributed by atoms with Crippen molar-refractivity contribution in [3.05, 3.63) is 18.2 Å². The Morgan fingerprint density at radius 3 is 2.64 bits per heavy atom. The topological polar surface area (TPSA) is 67.2 Å². The number of rotatable bonds is 5. The molecule has 6 heteroatoms. The van der Waals surface area contributed by atoms with Crippen molar-refractivity contribution in [2.45, 2.75) is 70.9 Å². The minimum Gasteiger partial charge on any atom is -0.342 e. The van der Waals surface area contributed by atoms with Gasteiger partial charge < -0.3 is 14.8 Å². The van der Waals surface area contributed by atoms with Gasteiger partial charge in [0.25, 0.3) is 0 Å².